The standard InChI is InChI=1S/C20H24N4O/c1-15(2)10-11-21-20-23-18(16-7-4-3-5-8-16)13-19(24-20)22-14-17-9-6-12-25-17/h3-9,12-13,15H,10-11,14H2,1-2H3,(H2,21,22,23,24). The van der Waals surface area contributed by atoms with Crippen molar-refractivity contribution in [3.63, 3.8) is 0 Å². The Morgan fingerprint density at radius 1 is 1.00 bits per heavy atom. The fourth-order valence-electron chi connectivity index (χ4n) is 2.44. The molecule has 2 aromatic heterocycles. The lowest BCUT2D eigenvalue weighted by molar-refractivity contribution is 0.518. The molecule has 0 radical (unpaired) electrons. The number of nitrogens with one attached hydrogen (secondary N) is 2. The first-order chi connectivity index (χ1) is 12.2. The molecule has 2 N–H and O–H groups in total. The molecule has 5 heteroatoms. The number of hydrogen-bond acceptors (Lipinski definition) is 5. The summed E-state index contributed by atoms with van der Waals surface area (Å²) in [4.78, 5) is 9.24. The van der Waals surface area contributed by atoms with Crippen LogP contribution in [0.3, 0.4) is 0 Å². The van der Waals surface area contributed by atoms with E-state index in [0.29, 0.717) is 18.4 Å². The summed E-state index contributed by atoms with van der Waals surface area (Å²) in [6.07, 6.45) is 2.75. The van der Waals surface area contributed by atoms with Crippen LogP contribution in [0.15, 0.2) is 59.2 Å². The second kappa shape index (κ2) is 8.33. The van der Waals surface area contributed by atoms with Crippen LogP contribution >= 0.6 is 0 Å². The maximum absolute atomic E-state index is 5.37. The van der Waals surface area contributed by atoms with Crippen LogP contribution < -0.4 is 10.6 Å². The van der Waals surface area contributed by atoms with Gasteiger partial charge in [-0.05, 0) is 24.5 Å². The minimum absolute atomic E-state index is 0.587. The van der Waals surface area contributed by atoms with Crippen molar-refractivity contribution in [2.24, 2.45) is 5.92 Å². The molecule has 3 rings (SSSR count). The fraction of sp³-hybridized carbons (Fsp3) is 0.300. The zero-order valence-electron chi connectivity index (χ0n) is 14.7. The van der Waals surface area contributed by atoms with Gasteiger partial charge in [-0.15, -0.1) is 0 Å². The van der Waals surface area contributed by atoms with Crippen LogP contribution in [0.1, 0.15) is 26.0 Å². The second-order valence-electron chi connectivity index (χ2n) is 6.37. The molecule has 0 saturated heterocycles. The lowest BCUT2D eigenvalue weighted by Gasteiger charge is -2.12. The van der Waals surface area contributed by atoms with Gasteiger partial charge in [0.2, 0.25) is 5.95 Å². The molecule has 0 aliphatic heterocycles. The smallest absolute Gasteiger partial charge is 0.225 e. The topological polar surface area (TPSA) is 63.0 Å². The van der Waals surface area contributed by atoms with Gasteiger partial charge in [-0.2, -0.15) is 4.98 Å². The molecule has 3 aromatic rings. The Balaban J connectivity index is 1.79. The highest BCUT2D eigenvalue weighted by atomic mass is 16.3. The SMILES string of the molecule is CC(C)CCNc1nc(NCc2ccco2)cc(-c2ccccc2)n1. The van der Waals surface area contributed by atoms with Gasteiger partial charge < -0.3 is 15.1 Å². The third kappa shape index (κ3) is 5.08. The van der Waals surface area contributed by atoms with Crippen LogP contribution in [0, 0.1) is 5.92 Å². The van der Waals surface area contributed by atoms with Crippen molar-refractivity contribution in [2.75, 3.05) is 17.2 Å². The van der Waals surface area contributed by atoms with Crippen LogP contribution in [0.4, 0.5) is 11.8 Å². The van der Waals surface area contributed by atoms with E-state index in [2.05, 4.69) is 46.6 Å². The fourth-order valence-corrected chi connectivity index (χ4v) is 2.44. The summed E-state index contributed by atoms with van der Waals surface area (Å²) in [5.74, 6) is 2.93. The summed E-state index contributed by atoms with van der Waals surface area (Å²) in [6.45, 7) is 5.86. The Bertz CT molecular complexity index is 770. The predicted molar refractivity (Wildman–Crippen MR) is 101 cm³/mol. The Morgan fingerprint density at radius 3 is 2.56 bits per heavy atom. The molecule has 0 amide bonds. The summed E-state index contributed by atoms with van der Waals surface area (Å²) in [6, 6.07) is 15.9. The van der Waals surface area contributed by atoms with Gasteiger partial charge in [0.05, 0.1) is 18.5 Å². The van der Waals surface area contributed by atoms with Crippen LogP contribution in [-0.4, -0.2) is 16.5 Å². The predicted octanol–water partition coefficient (Wildman–Crippen LogP) is 4.81. The van der Waals surface area contributed by atoms with Crippen molar-refractivity contribution in [3.8, 4) is 11.3 Å². The van der Waals surface area contributed by atoms with Crippen LogP contribution in [0.25, 0.3) is 11.3 Å². The molecule has 2 heterocycles. The molecular weight excluding hydrogens is 312 g/mol. The molecule has 25 heavy (non-hydrogen) atoms. The largest absolute Gasteiger partial charge is 0.467 e. The summed E-state index contributed by atoms with van der Waals surface area (Å²) >= 11 is 0. The first kappa shape index (κ1) is 17.0. The van der Waals surface area contributed by atoms with Gasteiger partial charge in [0.1, 0.15) is 11.6 Å². The maximum atomic E-state index is 5.37. The highest BCUT2D eigenvalue weighted by Gasteiger charge is 2.07. The lowest BCUT2D eigenvalue weighted by Crippen LogP contribution is -2.10. The van der Waals surface area contributed by atoms with E-state index in [4.69, 9.17) is 4.42 Å². The van der Waals surface area contributed by atoms with Crippen molar-refractivity contribution in [2.45, 2.75) is 26.8 Å². The summed E-state index contributed by atoms with van der Waals surface area (Å²) in [5.41, 5.74) is 1.96. The van der Waals surface area contributed by atoms with Crippen LogP contribution in [-0.2, 0) is 6.54 Å². The van der Waals surface area contributed by atoms with Gasteiger partial charge in [-0.3, -0.25) is 0 Å². The van der Waals surface area contributed by atoms with E-state index in [-0.39, 0.29) is 0 Å². The Kier molecular flexibility index (Phi) is 5.67. The van der Waals surface area contributed by atoms with E-state index in [1.54, 1.807) is 6.26 Å². The first-order valence-corrected chi connectivity index (χ1v) is 8.65. The molecule has 0 fully saturated rings. The first-order valence-electron chi connectivity index (χ1n) is 8.65. The van der Waals surface area contributed by atoms with Gasteiger partial charge >= 0.3 is 0 Å². The molecule has 130 valence electrons. The third-order valence-corrected chi connectivity index (χ3v) is 3.82. The Hall–Kier alpha value is -2.82. The molecule has 0 spiro atoms. The summed E-state index contributed by atoms with van der Waals surface area (Å²) in [7, 11) is 0. The maximum Gasteiger partial charge on any atom is 0.225 e. The molecule has 0 aliphatic carbocycles. The van der Waals surface area contributed by atoms with E-state index in [0.717, 1.165) is 35.8 Å². The van der Waals surface area contributed by atoms with Crippen molar-refractivity contribution in [1.82, 2.24) is 9.97 Å². The Labute approximate surface area is 148 Å². The quantitative estimate of drug-likeness (QED) is 0.618. The third-order valence-electron chi connectivity index (χ3n) is 3.82. The molecule has 5 nitrogen and oxygen atoms in total. The molecular formula is C20H24N4O. The number of anilines is 2. The minimum Gasteiger partial charge on any atom is -0.467 e. The minimum atomic E-state index is 0.587. The van der Waals surface area contributed by atoms with Crippen molar-refractivity contribution >= 4 is 11.8 Å². The second-order valence-corrected chi connectivity index (χ2v) is 6.37. The van der Waals surface area contributed by atoms with Crippen molar-refractivity contribution < 1.29 is 4.42 Å². The molecule has 0 bridgehead atoms. The van der Waals surface area contributed by atoms with Crippen LogP contribution in [0.5, 0.6) is 0 Å². The average molecular weight is 336 g/mol. The number of benzene rings is 1. The lowest BCUT2D eigenvalue weighted by atomic mass is 10.1. The van der Waals surface area contributed by atoms with Gasteiger partial charge in [-0.1, -0.05) is 44.2 Å². The number of nitrogens with zero attached hydrogens (tertiary/aromatic N) is 2. The number of furan rings is 1. The molecule has 0 saturated carbocycles. The number of aromatic nitrogens is 2. The summed E-state index contributed by atoms with van der Waals surface area (Å²) < 4.78 is 5.37. The van der Waals surface area contributed by atoms with E-state index in [1.807, 2.05) is 36.4 Å². The van der Waals surface area contributed by atoms with Gasteiger partial charge in [-0.25, -0.2) is 4.98 Å². The van der Waals surface area contributed by atoms with Gasteiger partial charge in [0.25, 0.3) is 0 Å². The van der Waals surface area contributed by atoms with Crippen molar-refractivity contribution in [1.29, 1.82) is 0 Å². The average Bonchev–Trinajstić information content (AvgIpc) is 3.14. The van der Waals surface area contributed by atoms with E-state index >= 15 is 0 Å². The van der Waals surface area contributed by atoms with Gasteiger partial charge in [0, 0.05) is 18.2 Å². The highest BCUT2D eigenvalue weighted by Crippen LogP contribution is 2.21. The normalized spacial score (nSPS) is 10.8. The number of hydrogen-bond donors (Lipinski definition) is 2. The Morgan fingerprint density at radius 2 is 1.84 bits per heavy atom. The highest BCUT2D eigenvalue weighted by molar-refractivity contribution is 5.64. The molecule has 1 aromatic carbocycles. The molecule has 0 aliphatic rings. The van der Waals surface area contributed by atoms with E-state index in [9.17, 15) is 0 Å². The van der Waals surface area contributed by atoms with E-state index in [1.165, 1.54) is 0 Å². The van der Waals surface area contributed by atoms with Crippen molar-refractivity contribution in [3.05, 3.63) is 60.6 Å². The van der Waals surface area contributed by atoms with Crippen LogP contribution in [0.2, 0.25) is 0 Å². The summed E-state index contributed by atoms with van der Waals surface area (Å²) in [5, 5.41) is 6.65. The zero-order chi connectivity index (χ0) is 17.5. The monoisotopic (exact) mass is 336 g/mol. The molecule has 0 atom stereocenters. The van der Waals surface area contributed by atoms with E-state index < -0.39 is 0 Å². The molecule has 0 unspecified atom stereocenters. The van der Waals surface area contributed by atoms with Gasteiger partial charge in [0.15, 0.2) is 0 Å². The number of rotatable bonds is 8. The zero-order valence-corrected chi connectivity index (χ0v) is 14.7.